The lowest BCUT2D eigenvalue weighted by Gasteiger charge is -2.40. The van der Waals surface area contributed by atoms with Crippen LogP contribution in [0.15, 0.2) is 135 Å². The second kappa shape index (κ2) is 21.1. The van der Waals surface area contributed by atoms with Gasteiger partial charge in [0.05, 0.1) is 20.9 Å². The van der Waals surface area contributed by atoms with Crippen molar-refractivity contribution in [2.24, 2.45) is 30.0 Å². The second-order valence-electron chi connectivity index (χ2n) is 19.6. The summed E-state index contributed by atoms with van der Waals surface area (Å²) in [5, 5.41) is 25.3. The summed E-state index contributed by atoms with van der Waals surface area (Å²) in [6.45, 7) is 14.5. The number of benzene rings is 4. The van der Waals surface area contributed by atoms with Crippen molar-refractivity contribution in [3.63, 3.8) is 0 Å². The standard InChI is InChI=1S/C35H38FN5O2SSi.C19H20FN5O2S/c1-24(2)31-20-18-29-32(23-41(6)33(29)34(42)38-26-17-19-30(36)25(21-26)22-37)44(43,39-31)40-45(35(3,4)5,27-13-9-7-10-14-27)28-15-11-8-12-16-28;1-11(2)16-7-5-14-17(28(22,27)24-16)10-25(3)18(14)19(26)23-13-4-6-15(20)12(8-13)9-21/h7-21,23-24,31H,1-6H3,(H,38,42)(H,39,40,43);4-8,10-11,16H,1-3H3,(H,23,26)(H2,22,24,27)/t31-,44?;16-,28?/m11/s1. The third kappa shape index (κ3) is 10.8. The van der Waals surface area contributed by atoms with Crippen LogP contribution >= 0.6 is 0 Å². The minimum Gasteiger partial charge on any atom is -0.345 e. The number of nitriles is 2. The summed E-state index contributed by atoms with van der Waals surface area (Å²) in [6.07, 6.45) is 10.5. The molecule has 19 heteroatoms. The normalized spacial score (nSPS) is 19.3. The maximum Gasteiger partial charge on any atom is 0.272 e. The van der Waals surface area contributed by atoms with Crippen LogP contribution in [0, 0.1) is 50.9 Å². The van der Waals surface area contributed by atoms with Crippen LogP contribution in [0.1, 0.15) is 91.7 Å². The molecule has 0 aliphatic carbocycles. The van der Waals surface area contributed by atoms with Crippen LogP contribution in [-0.2, 0) is 33.9 Å². The first-order chi connectivity index (χ1) is 34.4. The fourth-order valence-electron chi connectivity index (χ4n) is 8.93. The van der Waals surface area contributed by atoms with E-state index in [-0.39, 0.29) is 62.7 Å². The summed E-state index contributed by atoms with van der Waals surface area (Å²) in [6, 6.07) is 30.8. The number of carbonyl (C=O) groups excluding carboxylic acids is 2. The lowest BCUT2D eigenvalue weighted by molar-refractivity contribution is 0.101. The van der Waals surface area contributed by atoms with Crippen molar-refractivity contribution in [1.82, 2.24) is 18.6 Å². The molecule has 0 saturated heterocycles. The Balaban J connectivity index is 0.000000239. The zero-order chi connectivity index (χ0) is 53.2. The van der Waals surface area contributed by atoms with Crippen LogP contribution in [-0.4, -0.2) is 49.7 Å². The van der Waals surface area contributed by atoms with Gasteiger partial charge in [-0.15, -0.1) is 0 Å². The number of hydrogen-bond acceptors (Lipinski definition) is 8. The van der Waals surface area contributed by atoms with Gasteiger partial charge in [-0.2, -0.15) is 10.5 Å². The van der Waals surface area contributed by atoms with Crippen LogP contribution in [0.25, 0.3) is 12.2 Å². The number of anilines is 2. The molecular formula is C54H58F2N10O4S2Si. The summed E-state index contributed by atoms with van der Waals surface area (Å²) in [5.74, 6) is -2.13. The predicted molar refractivity (Wildman–Crippen MR) is 286 cm³/mol. The fraction of sp³-hybridized carbons (Fsp3) is 0.259. The van der Waals surface area contributed by atoms with Gasteiger partial charge in [-0.1, -0.05) is 133 Å². The Labute approximate surface area is 427 Å². The number of aromatic nitrogens is 2. The molecule has 73 heavy (non-hydrogen) atoms. The number of aryl methyl sites for hydroxylation is 2. The predicted octanol–water partition coefficient (Wildman–Crippen LogP) is 9.48. The number of nitrogens with zero attached hydrogens (tertiary/aromatic N) is 5. The Morgan fingerprint density at radius 1 is 0.699 bits per heavy atom. The van der Waals surface area contributed by atoms with E-state index in [1.165, 1.54) is 35.0 Å². The molecule has 0 bridgehead atoms. The van der Waals surface area contributed by atoms with Gasteiger partial charge in [-0.05, 0) is 63.6 Å². The van der Waals surface area contributed by atoms with E-state index in [2.05, 4.69) is 79.0 Å². The molecule has 0 spiro atoms. The Bertz CT molecular complexity index is 3470. The molecule has 4 atom stereocenters. The largest absolute Gasteiger partial charge is 0.345 e. The van der Waals surface area contributed by atoms with Crippen molar-refractivity contribution in [2.45, 2.75) is 75.4 Å². The third-order valence-electron chi connectivity index (χ3n) is 12.8. The van der Waals surface area contributed by atoms with Crippen molar-refractivity contribution >= 4 is 73.8 Å². The third-order valence-corrected chi connectivity index (χ3v) is 22.5. The van der Waals surface area contributed by atoms with Gasteiger partial charge in [-0.25, -0.2) is 35.5 Å². The molecule has 2 unspecified atom stereocenters. The summed E-state index contributed by atoms with van der Waals surface area (Å²) >= 11 is 0. The molecule has 378 valence electrons. The van der Waals surface area contributed by atoms with Gasteiger partial charge in [0.15, 0.2) is 0 Å². The minimum atomic E-state index is -3.36. The van der Waals surface area contributed by atoms with E-state index in [1.807, 2.05) is 62.4 Å². The van der Waals surface area contributed by atoms with Gasteiger partial charge in [0.2, 0.25) is 0 Å². The molecule has 2 aliphatic rings. The van der Waals surface area contributed by atoms with Crippen molar-refractivity contribution < 1.29 is 26.8 Å². The number of halogens is 2. The second-order valence-corrected chi connectivity index (χ2v) is 27.9. The zero-order valence-electron chi connectivity index (χ0n) is 42.0. The molecule has 0 fully saturated rings. The van der Waals surface area contributed by atoms with Crippen molar-refractivity contribution in [3.05, 3.63) is 167 Å². The molecule has 2 aromatic heterocycles. The molecule has 14 nitrogen and oxygen atoms in total. The lowest BCUT2D eigenvalue weighted by atomic mass is 10.0. The van der Waals surface area contributed by atoms with Gasteiger partial charge in [0, 0.05) is 61.1 Å². The number of nitrogens with one attached hydrogen (secondary N) is 5. The summed E-state index contributed by atoms with van der Waals surface area (Å²) in [7, 11) is -6.51. The molecule has 6 aromatic rings. The highest BCUT2D eigenvalue weighted by Gasteiger charge is 2.51. The SMILES string of the molecule is CC(C)[C@H]1C=Cc2c(cn(C)c2C(=O)Nc2ccc(F)c(C#N)c2)S(=N)(=O)N1.CC(C)[C@H]1C=Cc2c(cn(C)c2C(=O)Nc2ccc(F)c(C#N)c2)S(=O)(=N[Si](c2ccccc2)(c2ccccc2)C(C)(C)C)N1. The van der Waals surface area contributed by atoms with Gasteiger partial charge < -0.3 is 19.8 Å². The summed E-state index contributed by atoms with van der Waals surface area (Å²) in [4.78, 5) is 27.3. The smallest absolute Gasteiger partial charge is 0.272 e. The maximum absolute atomic E-state index is 15.7. The monoisotopic (exact) mass is 1040 g/mol. The van der Waals surface area contributed by atoms with E-state index in [9.17, 15) is 27.8 Å². The summed E-state index contributed by atoms with van der Waals surface area (Å²) < 4.78 is 79.4. The van der Waals surface area contributed by atoms with Crippen molar-refractivity contribution in [3.8, 4) is 12.1 Å². The zero-order valence-corrected chi connectivity index (χ0v) is 44.6. The first kappa shape index (κ1) is 53.5. The lowest BCUT2D eigenvalue weighted by Crippen LogP contribution is -2.64. The number of fused-ring (bicyclic) bond motifs is 2. The first-order valence-corrected chi connectivity index (χ1v) is 28.5. The molecule has 2 amide bonds. The van der Waals surface area contributed by atoms with Gasteiger partial charge in [0.25, 0.3) is 20.0 Å². The fourth-order valence-corrected chi connectivity index (χ4v) is 19.7. The van der Waals surface area contributed by atoms with E-state index < -0.39 is 56.6 Å². The van der Waals surface area contributed by atoms with Crippen LogP contribution < -0.4 is 30.5 Å². The highest BCUT2D eigenvalue weighted by Crippen LogP contribution is 2.40. The molecule has 2 aliphatic heterocycles. The van der Waals surface area contributed by atoms with Crippen molar-refractivity contribution in [1.29, 1.82) is 15.3 Å². The Morgan fingerprint density at radius 2 is 1.11 bits per heavy atom. The average molecular weight is 1040 g/mol. The maximum atomic E-state index is 15.7. The topological polar surface area (TPSA) is 210 Å². The summed E-state index contributed by atoms with van der Waals surface area (Å²) in [5.41, 5.74) is 1.59. The van der Waals surface area contributed by atoms with Gasteiger partial charge >= 0.3 is 0 Å². The molecule has 4 heterocycles. The Morgan fingerprint density at radius 3 is 1.52 bits per heavy atom. The average Bonchev–Trinajstić information content (AvgIpc) is 3.79. The Hall–Kier alpha value is -7.26. The van der Waals surface area contributed by atoms with E-state index in [4.69, 9.17) is 14.1 Å². The van der Waals surface area contributed by atoms with E-state index in [0.717, 1.165) is 22.5 Å². The number of amides is 2. The Kier molecular flexibility index (Phi) is 15.4. The molecule has 0 radical (unpaired) electrons. The van der Waals surface area contributed by atoms with Gasteiger partial charge in [0.1, 0.15) is 55.0 Å². The highest BCUT2D eigenvalue weighted by molar-refractivity contribution is 7.93. The van der Waals surface area contributed by atoms with Crippen LogP contribution in [0.4, 0.5) is 20.2 Å². The number of hydrogen-bond donors (Lipinski definition) is 5. The van der Waals surface area contributed by atoms with Crippen LogP contribution in [0.3, 0.4) is 0 Å². The van der Waals surface area contributed by atoms with Crippen molar-refractivity contribution in [2.75, 3.05) is 10.6 Å². The quantitative estimate of drug-likeness (QED) is 0.0890. The number of rotatable bonds is 9. The minimum absolute atomic E-state index is 0.0788. The van der Waals surface area contributed by atoms with Gasteiger partial charge in [-0.3, -0.25) is 9.59 Å². The van der Waals surface area contributed by atoms with Crippen LogP contribution in [0.2, 0.25) is 5.04 Å². The molecule has 8 rings (SSSR count). The van der Waals surface area contributed by atoms with Crippen LogP contribution in [0.5, 0.6) is 0 Å². The van der Waals surface area contributed by atoms with E-state index in [0.29, 0.717) is 16.0 Å². The number of carbonyl (C=O) groups is 2. The van der Waals surface area contributed by atoms with E-state index >= 15 is 4.21 Å². The molecule has 0 saturated carbocycles. The molecule has 4 aromatic carbocycles. The molecule has 5 N–H and O–H groups in total. The molecular weight excluding hydrogens is 983 g/mol. The highest BCUT2D eigenvalue weighted by atomic mass is 32.2. The first-order valence-electron chi connectivity index (χ1n) is 23.4. The van der Waals surface area contributed by atoms with E-state index in [1.54, 1.807) is 49.1 Å².